The SMILES string of the molecule is C=CC1=C(C)C2=NC1=CC1=NC(=CC3=C(C)C4=C(O)CC(=C5NC(=C2)[C@@H](C)[C@@H]5CCC(=O)OCCSCCOC(=O)CC[C@@H]2C5=C6CC(O)=C7C6=NC(=C7C)C=C6N=C(C=C7N=C(C=C(N5)[C@H]2C)C(C)=C7C=C)C(C)=C6CC)C4=N3)C(CC)=C1C. The van der Waals surface area contributed by atoms with Gasteiger partial charge in [0, 0.05) is 117 Å². The number of thioether (sulfide) groups is 1. The van der Waals surface area contributed by atoms with Gasteiger partial charge < -0.3 is 30.3 Å². The number of hydrogen-bond donors (Lipinski definition) is 4. The van der Waals surface area contributed by atoms with Gasteiger partial charge in [0.15, 0.2) is 0 Å². The quantitative estimate of drug-likeness (QED) is 0.0860. The lowest BCUT2D eigenvalue weighted by molar-refractivity contribution is -0.144. The second-order valence-electron chi connectivity index (χ2n) is 23.6. The van der Waals surface area contributed by atoms with Crippen molar-refractivity contribution in [1.29, 1.82) is 0 Å². The van der Waals surface area contributed by atoms with E-state index in [1.165, 1.54) is 0 Å². The summed E-state index contributed by atoms with van der Waals surface area (Å²) >= 11 is 1.57. The number of rotatable bonds is 16. The fourth-order valence-electron chi connectivity index (χ4n) is 14.0. The summed E-state index contributed by atoms with van der Waals surface area (Å²) in [5, 5.41) is 30.7. The zero-order valence-electron chi connectivity index (χ0n) is 50.4. The number of fused-ring (bicyclic) bond motifs is 10. The second-order valence-corrected chi connectivity index (χ2v) is 24.8. The number of nitrogens with one attached hydrogen (secondary N) is 2. The molecule has 2 aliphatic carbocycles. The summed E-state index contributed by atoms with van der Waals surface area (Å²) < 4.78 is 11.6. The highest BCUT2D eigenvalue weighted by Crippen LogP contribution is 2.49. The molecule has 16 bridgehead atoms. The summed E-state index contributed by atoms with van der Waals surface area (Å²) in [5.74, 6) is 0.934. The number of aliphatic imine (C=N–C) groups is 6. The fourth-order valence-corrected chi connectivity index (χ4v) is 14.6. The van der Waals surface area contributed by atoms with Crippen molar-refractivity contribution in [2.45, 2.75) is 121 Å². The lowest BCUT2D eigenvalue weighted by Crippen LogP contribution is -2.17. The zero-order valence-corrected chi connectivity index (χ0v) is 51.3. The van der Waals surface area contributed by atoms with Gasteiger partial charge in [0.25, 0.3) is 0 Å². The van der Waals surface area contributed by atoms with Crippen LogP contribution in [0.25, 0.3) is 0 Å². The first-order chi connectivity index (χ1) is 40.9. The average Bonchev–Trinajstić information content (AvgIpc) is 1.71. The van der Waals surface area contributed by atoms with Gasteiger partial charge in [-0.2, -0.15) is 11.8 Å². The third kappa shape index (κ3) is 9.95. The van der Waals surface area contributed by atoms with Crippen molar-refractivity contribution in [2.24, 2.45) is 53.6 Å². The molecule has 12 rings (SSSR count). The van der Waals surface area contributed by atoms with E-state index in [9.17, 15) is 19.8 Å². The number of esters is 2. The molecule has 10 aliphatic heterocycles. The molecule has 4 atom stereocenters. The Bertz CT molecular complexity index is 3700. The number of nitrogens with zero attached hydrogens (tertiary/aromatic N) is 6. The largest absolute Gasteiger partial charge is 0.511 e. The number of carbonyl (C=O) groups is 2. The maximum absolute atomic E-state index is 13.5. The van der Waals surface area contributed by atoms with Crippen molar-refractivity contribution in [1.82, 2.24) is 10.6 Å². The Morgan fingerprint density at radius 3 is 1.34 bits per heavy atom. The van der Waals surface area contributed by atoms with Crippen LogP contribution < -0.4 is 10.6 Å². The predicted octanol–water partition coefficient (Wildman–Crippen LogP) is 14.1. The van der Waals surface area contributed by atoms with Gasteiger partial charge in [-0.1, -0.05) is 53.0 Å². The van der Waals surface area contributed by atoms with Gasteiger partial charge >= 0.3 is 11.9 Å². The number of hydrogen-bond acceptors (Lipinski definition) is 15. The lowest BCUT2D eigenvalue weighted by atomic mass is 9.86. The summed E-state index contributed by atoms with van der Waals surface area (Å²) in [5.41, 5.74) is 27.5. The summed E-state index contributed by atoms with van der Waals surface area (Å²) in [6.07, 6.45) is 19.9. The Balaban J connectivity index is 0.680. The van der Waals surface area contributed by atoms with E-state index in [0.29, 0.717) is 48.7 Å². The van der Waals surface area contributed by atoms with Gasteiger partial charge in [0.1, 0.15) is 24.7 Å². The minimum atomic E-state index is -0.282. The highest BCUT2D eigenvalue weighted by molar-refractivity contribution is 7.99. The van der Waals surface area contributed by atoms with Gasteiger partial charge in [0.05, 0.1) is 68.5 Å². The molecule has 2 fully saturated rings. The van der Waals surface area contributed by atoms with Crippen LogP contribution in [0.2, 0.25) is 0 Å². The monoisotopic (exact) mass is 1150 g/mol. The maximum Gasteiger partial charge on any atom is 0.305 e. The average molecular weight is 1160 g/mol. The van der Waals surface area contributed by atoms with E-state index in [1.807, 2.05) is 38.2 Å². The number of aliphatic hydroxyl groups is 2. The van der Waals surface area contributed by atoms with Crippen LogP contribution in [0.15, 0.2) is 238 Å². The lowest BCUT2D eigenvalue weighted by Gasteiger charge is -2.18. The normalized spacial score (nSPS) is 24.7. The third-order valence-electron chi connectivity index (χ3n) is 18.9. The number of aliphatic hydroxyl groups excluding tert-OH is 2. The first-order valence-corrected chi connectivity index (χ1v) is 31.1. The zero-order chi connectivity index (χ0) is 59.9. The first-order valence-electron chi connectivity index (χ1n) is 30.0. The van der Waals surface area contributed by atoms with Crippen LogP contribution in [0, 0.1) is 23.7 Å². The molecule has 4 N–H and O–H groups in total. The Morgan fingerprint density at radius 1 is 0.565 bits per heavy atom. The molecule has 15 heteroatoms. The van der Waals surface area contributed by atoms with E-state index in [0.717, 1.165) is 182 Å². The highest BCUT2D eigenvalue weighted by atomic mass is 32.2. The Kier molecular flexibility index (Phi) is 15.3. The second kappa shape index (κ2) is 22.7. The molecule has 0 radical (unpaired) electrons. The molecule has 85 heavy (non-hydrogen) atoms. The van der Waals surface area contributed by atoms with E-state index in [4.69, 9.17) is 39.4 Å². The summed E-state index contributed by atoms with van der Waals surface area (Å²) in [6, 6.07) is 0. The van der Waals surface area contributed by atoms with Crippen LogP contribution in [0.1, 0.15) is 121 Å². The van der Waals surface area contributed by atoms with Crippen LogP contribution >= 0.6 is 11.8 Å². The van der Waals surface area contributed by atoms with Gasteiger partial charge in [-0.3, -0.25) is 9.59 Å². The highest BCUT2D eigenvalue weighted by Gasteiger charge is 2.44. The van der Waals surface area contributed by atoms with Crippen molar-refractivity contribution in [3.63, 3.8) is 0 Å². The summed E-state index contributed by atoms with van der Waals surface area (Å²) in [7, 11) is 0. The molecule has 0 amide bonds. The molecule has 0 aromatic rings. The van der Waals surface area contributed by atoms with Crippen LogP contribution in [-0.2, 0) is 19.1 Å². The molecule has 10 heterocycles. The molecular formula is C70H74N8O6S. The van der Waals surface area contributed by atoms with Gasteiger partial charge in [0.2, 0.25) is 0 Å². The van der Waals surface area contributed by atoms with Gasteiger partial charge in [-0.15, -0.1) is 0 Å². The molecule has 0 spiro atoms. The van der Waals surface area contributed by atoms with Crippen LogP contribution in [0.3, 0.4) is 0 Å². The van der Waals surface area contributed by atoms with E-state index < -0.39 is 0 Å². The van der Waals surface area contributed by atoms with Crippen molar-refractivity contribution in [3.8, 4) is 0 Å². The fraction of sp³-hybridized carbons (Fsp3) is 0.371. The van der Waals surface area contributed by atoms with Crippen molar-refractivity contribution in [3.05, 3.63) is 208 Å². The van der Waals surface area contributed by atoms with Gasteiger partial charge in [-0.05, 0) is 148 Å². The first kappa shape index (κ1) is 57.3. The third-order valence-corrected chi connectivity index (χ3v) is 19.8. The Labute approximate surface area is 502 Å². The molecule has 436 valence electrons. The molecular weight excluding hydrogens is 1080 g/mol. The Morgan fingerprint density at radius 2 is 0.953 bits per heavy atom. The van der Waals surface area contributed by atoms with E-state index in [-0.39, 0.29) is 61.7 Å². The van der Waals surface area contributed by atoms with Crippen molar-refractivity contribution < 1.29 is 29.3 Å². The van der Waals surface area contributed by atoms with Crippen molar-refractivity contribution in [2.75, 3.05) is 24.7 Å². The van der Waals surface area contributed by atoms with Gasteiger partial charge in [-0.25, -0.2) is 30.0 Å². The number of allylic oxidation sites excluding steroid dienone is 24. The number of carbonyl (C=O) groups excluding carboxylic acids is 2. The minimum Gasteiger partial charge on any atom is -0.511 e. The van der Waals surface area contributed by atoms with Crippen LogP contribution in [0.5, 0.6) is 0 Å². The molecule has 2 saturated heterocycles. The topological polar surface area (TPSA) is 191 Å². The predicted molar refractivity (Wildman–Crippen MR) is 342 cm³/mol. The number of ether oxygens (including phenoxy) is 2. The van der Waals surface area contributed by atoms with E-state index in [1.54, 1.807) is 11.8 Å². The Hall–Kier alpha value is -8.17. The molecule has 14 nitrogen and oxygen atoms in total. The molecule has 0 aromatic heterocycles. The molecule has 0 unspecified atom stereocenters. The molecule has 0 saturated carbocycles. The maximum atomic E-state index is 13.5. The van der Waals surface area contributed by atoms with E-state index in [2.05, 4.69) is 103 Å². The van der Waals surface area contributed by atoms with Crippen LogP contribution in [-0.4, -0.2) is 81.1 Å². The standard InChI is InChI=1S/C70H74N8O6S/c1-13-41-33(5)49-27-53-37(9)45(67(75-53)47-25-61(79)65-39(11)55(77-69(47)65)31-59-43(15-3)35(7)51(73-59)29-57(41)71-49)17-19-63(81)83-21-23-85-24-22-84-64(82)20-18-46-38(10)54-28-50-34(6)42(14-2)58(72-50)30-52-36(8)44(16-4)60(74-52)32-56-40(12)66-62(80)26-48(68(46)76-54)70(66)78-56/h13-14,27-32,37-38,45-46,75-76,79-80H,1-2,15-26H2,3-12H3/t37-,38-,45-,46-/m0/s1. The van der Waals surface area contributed by atoms with Crippen molar-refractivity contribution >= 4 is 58.0 Å². The molecule has 0 aromatic carbocycles. The van der Waals surface area contributed by atoms with Crippen LogP contribution in [0.4, 0.5) is 0 Å². The summed E-state index contributed by atoms with van der Waals surface area (Å²) in [6.45, 7) is 29.8. The smallest absolute Gasteiger partial charge is 0.305 e. The minimum absolute atomic E-state index is 0.0103. The molecule has 12 aliphatic rings. The summed E-state index contributed by atoms with van der Waals surface area (Å²) in [4.78, 5) is 57.9. The van der Waals surface area contributed by atoms with E-state index >= 15 is 0 Å².